The summed E-state index contributed by atoms with van der Waals surface area (Å²) in [6.07, 6.45) is 58.2. The molecule has 1 rings (SSSR count). The van der Waals surface area contributed by atoms with Gasteiger partial charge in [-0.25, -0.2) is 0 Å². The normalized spacial score (nSPS) is 18.9. The summed E-state index contributed by atoms with van der Waals surface area (Å²) < 4.78 is 16.7. The smallest absolute Gasteiger partial charge is 0.305 e. The number of hydrogen-bond donors (Lipinski definition) is 6. The van der Waals surface area contributed by atoms with Crippen LogP contribution in [-0.4, -0.2) is 100 Å². The van der Waals surface area contributed by atoms with Crippen LogP contribution in [0.2, 0.25) is 0 Å². The summed E-state index contributed by atoms with van der Waals surface area (Å²) in [4.78, 5) is 25.1. The van der Waals surface area contributed by atoms with Gasteiger partial charge < -0.3 is 45.1 Å². The third-order valence-corrected chi connectivity index (χ3v) is 15.2. The van der Waals surface area contributed by atoms with Gasteiger partial charge >= 0.3 is 5.97 Å². The Balaban J connectivity index is 2.05. The number of nitrogens with one attached hydrogen (secondary N) is 1. The second-order valence-corrected chi connectivity index (χ2v) is 22.5. The number of unbranched alkanes of at least 4 members (excludes halogenated alkanes) is 38. The molecule has 0 bridgehead atoms. The molecule has 11 heteroatoms. The monoisotopic (exact) mass is 1080 g/mol. The second kappa shape index (κ2) is 54.8. The molecule has 1 saturated heterocycles. The van der Waals surface area contributed by atoms with Gasteiger partial charge in [-0.15, -0.1) is 0 Å². The number of esters is 1. The molecule has 0 radical (unpaired) electrons. The van der Waals surface area contributed by atoms with E-state index in [1.54, 1.807) is 6.08 Å². The van der Waals surface area contributed by atoms with Crippen molar-refractivity contribution in [2.24, 2.45) is 0 Å². The summed E-state index contributed by atoms with van der Waals surface area (Å²) in [5, 5.41) is 54.4. The van der Waals surface area contributed by atoms with Gasteiger partial charge in [-0.3, -0.25) is 9.59 Å². The first-order chi connectivity index (χ1) is 37.2. The summed E-state index contributed by atoms with van der Waals surface area (Å²) >= 11 is 0. The Morgan fingerprint density at radius 1 is 0.474 bits per heavy atom. The van der Waals surface area contributed by atoms with Crippen LogP contribution in [0.25, 0.3) is 0 Å². The highest BCUT2D eigenvalue weighted by molar-refractivity contribution is 5.76. The standard InChI is InChI=1S/C65H121NO10/c1-3-5-7-9-11-13-15-16-28-32-35-39-43-47-51-58(68)57(56-75-65-64(73)63(72)62(71)59(55-67)76-65)66-60(69)52-48-44-40-36-33-29-26-24-22-20-18-17-19-21-23-25-27-30-34-38-42-46-50-54-74-61(70)53-49-45-41-37-31-14-12-10-8-6-4-2/h13,15,32,35,47,51,57-59,62-65,67-68,71-73H,3-12,14,16-31,33-34,36-46,48-50,52-56H2,1-2H3,(H,66,69)/b15-13+,35-32+,51-47+. The summed E-state index contributed by atoms with van der Waals surface area (Å²) in [5.74, 6) is -0.193. The van der Waals surface area contributed by atoms with Gasteiger partial charge in [0.1, 0.15) is 24.4 Å². The van der Waals surface area contributed by atoms with E-state index in [4.69, 9.17) is 14.2 Å². The first-order valence-electron chi connectivity index (χ1n) is 32.3. The zero-order chi connectivity index (χ0) is 55.2. The van der Waals surface area contributed by atoms with Crippen LogP contribution in [0.3, 0.4) is 0 Å². The molecule has 0 aromatic heterocycles. The van der Waals surface area contributed by atoms with E-state index in [0.29, 0.717) is 19.4 Å². The number of aliphatic hydroxyl groups excluding tert-OH is 5. The third kappa shape index (κ3) is 43.7. The molecule has 1 aliphatic rings. The van der Waals surface area contributed by atoms with E-state index in [0.717, 1.165) is 70.6 Å². The average Bonchev–Trinajstić information content (AvgIpc) is 3.42. The maximum atomic E-state index is 13.1. The summed E-state index contributed by atoms with van der Waals surface area (Å²) in [6, 6.07) is -0.834. The van der Waals surface area contributed by atoms with Crippen molar-refractivity contribution in [2.45, 2.75) is 346 Å². The molecule has 1 amide bonds. The molecular formula is C65H121NO10. The molecule has 7 unspecified atom stereocenters. The van der Waals surface area contributed by atoms with Crippen LogP contribution >= 0.6 is 0 Å². The Kier molecular flexibility index (Phi) is 51.9. The minimum atomic E-state index is -1.58. The van der Waals surface area contributed by atoms with Crippen LogP contribution in [0.15, 0.2) is 36.5 Å². The highest BCUT2D eigenvalue weighted by atomic mass is 16.7. The average molecular weight is 1080 g/mol. The van der Waals surface area contributed by atoms with Crippen LogP contribution in [0.5, 0.6) is 0 Å². The molecule has 7 atom stereocenters. The molecule has 1 heterocycles. The zero-order valence-corrected chi connectivity index (χ0v) is 49.2. The van der Waals surface area contributed by atoms with Crippen LogP contribution in [0.4, 0.5) is 0 Å². The SMILES string of the molecule is CCCCCC/C=C/CC/C=C/CC/C=C/C(O)C(COC1OC(CO)C(O)C(O)C1O)NC(=O)CCCCCCCCCCCCCCCCCCCCCCCCCOC(=O)CCCCCCCCCCCCC. The number of allylic oxidation sites excluding steroid dienone is 5. The molecule has 6 N–H and O–H groups in total. The minimum absolute atomic E-state index is 0.00172. The molecule has 0 aliphatic carbocycles. The van der Waals surface area contributed by atoms with Crippen molar-refractivity contribution in [2.75, 3.05) is 19.8 Å². The highest BCUT2D eigenvalue weighted by Crippen LogP contribution is 2.23. The number of ether oxygens (including phenoxy) is 3. The fourth-order valence-corrected chi connectivity index (χ4v) is 10.1. The Morgan fingerprint density at radius 3 is 1.30 bits per heavy atom. The lowest BCUT2D eigenvalue weighted by molar-refractivity contribution is -0.302. The van der Waals surface area contributed by atoms with Gasteiger partial charge in [0.15, 0.2) is 6.29 Å². The highest BCUT2D eigenvalue weighted by Gasteiger charge is 2.44. The van der Waals surface area contributed by atoms with Crippen LogP contribution in [0, 0.1) is 0 Å². The summed E-state index contributed by atoms with van der Waals surface area (Å²) in [7, 11) is 0. The van der Waals surface area contributed by atoms with Gasteiger partial charge in [0, 0.05) is 12.8 Å². The quantitative estimate of drug-likeness (QED) is 0.0195. The van der Waals surface area contributed by atoms with Crippen molar-refractivity contribution in [3.63, 3.8) is 0 Å². The predicted molar refractivity (Wildman–Crippen MR) is 315 cm³/mol. The third-order valence-electron chi connectivity index (χ3n) is 15.2. The lowest BCUT2D eigenvalue weighted by Crippen LogP contribution is -2.60. The van der Waals surface area contributed by atoms with Crippen molar-refractivity contribution in [1.29, 1.82) is 0 Å². The molecule has 0 saturated carbocycles. The fourth-order valence-electron chi connectivity index (χ4n) is 10.1. The first-order valence-corrected chi connectivity index (χ1v) is 32.3. The molecule has 0 spiro atoms. The number of amides is 1. The molecule has 1 fully saturated rings. The Labute approximate surface area is 466 Å². The van der Waals surface area contributed by atoms with Crippen LogP contribution in [-0.2, 0) is 23.8 Å². The van der Waals surface area contributed by atoms with Gasteiger partial charge in [0.2, 0.25) is 5.91 Å². The Hall–Kier alpha value is -2.12. The van der Waals surface area contributed by atoms with Crippen molar-refractivity contribution in [3.8, 4) is 0 Å². The van der Waals surface area contributed by atoms with E-state index in [1.165, 1.54) is 205 Å². The van der Waals surface area contributed by atoms with E-state index in [1.807, 2.05) is 6.08 Å². The summed E-state index contributed by atoms with van der Waals surface area (Å²) in [5.41, 5.74) is 0. The van der Waals surface area contributed by atoms with E-state index in [9.17, 15) is 35.1 Å². The molecule has 76 heavy (non-hydrogen) atoms. The van der Waals surface area contributed by atoms with Crippen LogP contribution in [0.1, 0.15) is 303 Å². The number of rotatable bonds is 56. The van der Waals surface area contributed by atoms with Gasteiger partial charge in [-0.1, -0.05) is 269 Å². The van der Waals surface area contributed by atoms with E-state index >= 15 is 0 Å². The van der Waals surface area contributed by atoms with Gasteiger partial charge in [0.25, 0.3) is 0 Å². The first kappa shape index (κ1) is 71.9. The lowest BCUT2D eigenvalue weighted by atomic mass is 9.99. The Bertz CT molecular complexity index is 1360. The molecular weight excluding hydrogens is 955 g/mol. The van der Waals surface area contributed by atoms with Crippen molar-refractivity contribution in [3.05, 3.63) is 36.5 Å². The fraction of sp³-hybridized carbons (Fsp3) is 0.877. The van der Waals surface area contributed by atoms with E-state index in [2.05, 4.69) is 43.5 Å². The second-order valence-electron chi connectivity index (χ2n) is 22.5. The number of aliphatic hydroxyl groups is 5. The molecule has 1 aliphatic heterocycles. The number of carbonyl (C=O) groups is 2. The zero-order valence-electron chi connectivity index (χ0n) is 49.2. The lowest BCUT2D eigenvalue weighted by Gasteiger charge is -2.40. The summed E-state index contributed by atoms with van der Waals surface area (Å²) in [6.45, 7) is 4.31. The minimum Gasteiger partial charge on any atom is -0.466 e. The van der Waals surface area contributed by atoms with Crippen LogP contribution < -0.4 is 5.32 Å². The predicted octanol–water partition coefficient (Wildman–Crippen LogP) is 15.5. The molecule has 0 aromatic rings. The van der Waals surface area contributed by atoms with E-state index in [-0.39, 0.29) is 18.5 Å². The van der Waals surface area contributed by atoms with Crippen molar-refractivity contribution < 1.29 is 49.3 Å². The van der Waals surface area contributed by atoms with Crippen molar-refractivity contribution >= 4 is 11.9 Å². The maximum Gasteiger partial charge on any atom is 0.305 e. The van der Waals surface area contributed by atoms with Crippen molar-refractivity contribution in [1.82, 2.24) is 5.32 Å². The number of carbonyl (C=O) groups excluding carboxylic acids is 2. The van der Waals surface area contributed by atoms with Gasteiger partial charge in [-0.2, -0.15) is 0 Å². The van der Waals surface area contributed by atoms with E-state index < -0.39 is 49.5 Å². The topological polar surface area (TPSA) is 175 Å². The van der Waals surface area contributed by atoms with Gasteiger partial charge in [0.05, 0.1) is 32.0 Å². The molecule has 446 valence electrons. The maximum absolute atomic E-state index is 13.1. The number of hydrogen-bond acceptors (Lipinski definition) is 10. The van der Waals surface area contributed by atoms with Gasteiger partial charge in [-0.05, 0) is 57.8 Å². The molecule has 11 nitrogen and oxygen atoms in total. The molecule has 0 aromatic carbocycles. The largest absolute Gasteiger partial charge is 0.466 e. The Morgan fingerprint density at radius 2 is 0.855 bits per heavy atom.